The molecule has 18 nitrogen and oxygen atoms in total. The van der Waals surface area contributed by atoms with Gasteiger partial charge in [-0.05, 0) is 106 Å². The zero-order valence-corrected chi connectivity index (χ0v) is 48.7. The number of allylic oxidation sites excluding steroid dienone is 2. The van der Waals surface area contributed by atoms with Gasteiger partial charge in [0, 0.05) is 34.0 Å². The first-order valence-electron chi connectivity index (χ1n) is 26.4. The highest BCUT2D eigenvalue weighted by Crippen LogP contribution is 2.62. The van der Waals surface area contributed by atoms with Crippen LogP contribution in [0.1, 0.15) is 58.4 Å². The smallest absolute Gasteiger partial charge is 0.333 e. The molecule has 0 bridgehead atoms. The molecule has 2 aromatic heterocycles. The van der Waals surface area contributed by atoms with Crippen LogP contribution in [0, 0.1) is 45.3 Å². The summed E-state index contributed by atoms with van der Waals surface area (Å²) < 4.78 is 24.8. The minimum absolute atomic E-state index is 0.0301. The lowest BCUT2D eigenvalue weighted by Gasteiger charge is -2.29. The first-order chi connectivity index (χ1) is 41.8. The van der Waals surface area contributed by atoms with Gasteiger partial charge in [0.25, 0.3) is 11.8 Å². The third-order valence-electron chi connectivity index (χ3n) is 14.4. The molecule has 5 aromatic carbocycles. The van der Waals surface area contributed by atoms with E-state index in [1.165, 1.54) is 21.9 Å². The van der Waals surface area contributed by atoms with Gasteiger partial charge in [-0.2, -0.15) is 21.0 Å². The molecule has 422 valence electrons. The zero-order chi connectivity index (χ0) is 60.3. The van der Waals surface area contributed by atoms with Crippen molar-refractivity contribution in [2.45, 2.75) is 51.1 Å². The molecule has 2 aliphatic heterocycles. The summed E-state index contributed by atoms with van der Waals surface area (Å²) in [5.74, 6) is -5.49. The van der Waals surface area contributed by atoms with Crippen LogP contribution in [0.2, 0.25) is 0 Å². The summed E-state index contributed by atoms with van der Waals surface area (Å²) in [6.45, 7) is 2.34. The fourth-order valence-corrected chi connectivity index (χ4v) is 14.8. The molecule has 0 saturated carbocycles. The summed E-state index contributed by atoms with van der Waals surface area (Å²) in [4.78, 5) is 104. The van der Waals surface area contributed by atoms with Crippen LogP contribution >= 0.6 is 46.2 Å². The molecule has 2 fully saturated rings. The fraction of sp³-hybridized carbons (Fsp3) is 0.156. The Morgan fingerprint density at radius 1 is 0.453 bits per heavy atom. The molecule has 0 atom stereocenters. The number of carbonyl (C=O) groups excluding carboxylic acids is 6. The maximum Gasteiger partial charge on any atom is 0.333 e. The van der Waals surface area contributed by atoms with Crippen molar-refractivity contribution in [1.82, 2.24) is 9.80 Å². The maximum atomic E-state index is 15.8. The number of fused-ring (bicyclic) bond motifs is 6. The Kier molecular flexibility index (Phi) is 16.2. The third-order valence-corrected chi connectivity index (χ3v) is 18.7. The van der Waals surface area contributed by atoms with Gasteiger partial charge in [-0.15, -0.1) is 22.7 Å². The zero-order valence-electron chi connectivity index (χ0n) is 45.4. The average molecular weight is 1210 g/mol. The number of hydrogen-bond acceptors (Lipinski definition) is 20. The van der Waals surface area contributed by atoms with E-state index < -0.39 is 46.5 Å². The molecule has 11 rings (SSSR count). The maximum absolute atomic E-state index is 15.8. The van der Waals surface area contributed by atoms with Gasteiger partial charge in [0.2, 0.25) is 10.8 Å². The Bertz CT molecular complexity index is 3880. The van der Waals surface area contributed by atoms with E-state index in [0.717, 1.165) is 46.2 Å². The second-order valence-corrected chi connectivity index (χ2v) is 23.3. The SMILES string of the molecule is CCN1C(=O)C(=Nc2cc3c(s2)-c2cc4c(cc2C3(C(=O)OCc2ccccc2)C(=O)OCc2ccccc2)-c2sc(N=C3SC(=C(C#N)C#N)N(CC)C3=O)cc2C4(C(=O)OCc2ccccc2)C(=O)OCc2ccccc2)SC1=C(C#N)C#N. The van der Waals surface area contributed by atoms with Crippen molar-refractivity contribution < 1.29 is 47.7 Å². The number of benzene rings is 5. The van der Waals surface area contributed by atoms with Crippen LogP contribution in [-0.2, 0) is 85.0 Å². The molecule has 86 heavy (non-hydrogen) atoms. The van der Waals surface area contributed by atoms with E-state index in [1.54, 1.807) is 147 Å². The molecule has 4 aliphatic rings. The van der Waals surface area contributed by atoms with Crippen molar-refractivity contribution >= 4 is 102 Å². The van der Waals surface area contributed by atoms with Crippen molar-refractivity contribution in [1.29, 1.82) is 21.0 Å². The molecule has 2 amide bonds. The highest BCUT2D eigenvalue weighted by molar-refractivity contribution is 8.20. The Hall–Kier alpha value is -10.2. The summed E-state index contributed by atoms with van der Waals surface area (Å²) >= 11 is 3.59. The Balaban J connectivity index is 1.17. The van der Waals surface area contributed by atoms with E-state index in [4.69, 9.17) is 28.9 Å². The first-order valence-corrected chi connectivity index (χ1v) is 29.7. The summed E-state index contributed by atoms with van der Waals surface area (Å²) in [6, 6.07) is 48.5. The van der Waals surface area contributed by atoms with E-state index in [2.05, 4.69) is 0 Å². The lowest BCUT2D eigenvalue weighted by atomic mass is 9.75. The van der Waals surface area contributed by atoms with Crippen LogP contribution in [0.4, 0.5) is 10.0 Å². The number of thioether (sulfide) groups is 2. The van der Waals surface area contributed by atoms with Crippen molar-refractivity contribution in [3.63, 3.8) is 0 Å². The predicted molar refractivity (Wildman–Crippen MR) is 320 cm³/mol. The highest BCUT2D eigenvalue weighted by atomic mass is 32.2. The monoisotopic (exact) mass is 1210 g/mol. The second kappa shape index (κ2) is 24.2. The van der Waals surface area contributed by atoms with Crippen LogP contribution in [0.5, 0.6) is 0 Å². The van der Waals surface area contributed by atoms with Gasteiger partial charge >= 0.3 is 23.9 Å². The second-order valence-electron chi connectivity index (χ2n) is 19.3. The molecular weight excluding hydrogens is 1170 g/mol. The van der Waals surface area contributed by atoms with E-state index in [9.17, 15) is 30.6 Å². The first kappa shape index (κ1) is 57.6. The minimum atomic E-state index is -2.49. The van der Waals surface area contributed by atoms with E-state index in [-0.39, 0.29) is 124 Å². The van der Waals surface area contributed by atoms with E-state index >= 15 is 19.2 Å². The molecule has 2 saturated heterocycles. The average Bonchev–Trinajstić information content (AvgIpc) is 1.52. The lowest BCUT2D eigenvalue weighted by Crippen LogP contribution is -2.46. The number of amides is 2. The number of nitriles is 4. The number of rotatable bonds is 16. The third kappa shape index (κ3) is 10.00. The number of esters is 4. The standard InChI is InChI=1S/C64H42N8O10S4/c1-3-71-55(73)53(85-57(71)41(29-65)30-66)69-49-27-47-51(83-49)43-25-46-44(26-45(43)63(47,59(75)79-33-37-17-9-5-10-18-37)60(76)80-34-38-19-11-6-12-20-38)52-48(28-50(84-52)70-54-56(74)72(4-2)58(86-54)42(31-67)32-68)64(46,61(77)81-35-39-21-13-7-14-22-39)62(78)82-36-40-23-15-8-16-24-40/h5-28H,3-4,33-36H2,1-2H3. The summed E-state index contributed by atoms with van der Waals surface area (Å²) in [7, 11) is 0. The molecular formula is C64H42N8O10S4. The van der Waals surface area contributed by atoms with Crippen LogP contribution in [0.3, 0.4) is 0 Å². The van der Waals surface area contributed by atoms with Gasteiger partial charge in [-0.3, -0.25) is 38.6 Å². The van der Waals surface area contributed by atoms with Gasteiger partial charge < -0.3 is 18.9 Å². The summed E-state index contributed by atoms with van der Waals surface area (Å²) in [5, 5.41) is 39.5. The molecule has 22 heteroatoms. The number of ether oxygens (including phenoxy) is 4. The topological polar surface area (TPSA) is 266 Å². The highest BCUT2D eigenvalue weighted by Gasteiger charge is 2.64. The van der Waals surface area contributed by atoms with Gasteiger partial charge in [0.05, 0.1) is 0 Å². The number of thiophene rings is 2. The Morgan fingerprint density at radius 3 is 1.01 bits per heavy atom. The number of aliphatic imine (C=N–C) groups is 2. The summed E-state index contributed by atoms with van der Waals surface area (Å²) in [6.07, 6.45) is 0. The number of carbonyl (C=O) groups is 6. The predicted octanol–water partition coefficient (Wildman–Crippen LogP) is 11.1. The molecule has 4 heterocycles. The van der Waals surface area contributed by atoms with Crippen molar-refractivity contribution in [2.75, 3.05) is 13.1 Å². The van der Waals surface area contributed by atoms with Crippen LogP contribution < -0.4 is 0 Å². The van der Waals surface area contributed by atoms with E-state index in [1.807, 2.05) is 24.3 Å². The fourth-order valence-electron chi connectivity index (χ4n) is 10.4. The molecule has 0 unspecified atom stereocenters. The molecule has 0 radical (unpaired) electrons. The van der Waals surface area contributed by atoms with Crippen molar-refractivity contribution in [2.24, 2.45) is 9.98 Å². The lowest BCUT2D eigenvalue weighted by molar-refractivity contribution is -0.166. The van der Waals surface area contributed by atoms with E-state index in [0.29, 0.717) is 22.3 Å². The van der Waals surface area contributed by atoms with Crippen molar-refractivity contribution in [3.05, 3.63) is 211 Å². The van der Waals surface area contributed by atoms with Gasteiger partial charge in [0.1, 0.15) is 70.8 Å². The molecule has 7 aromatic rings. The van der Waals surface area contributed by atoms with Crippen LogP contribution in [-0.4, -0.2) is 68.7 Å². The molecule has 2 aliphatic carbocycles. The number of hydrogen-bond donors (Lipinski definition) is 0. The van der Waals surface area contributed by atoms with Gasteiger partial charge in [-0.25, -0.2) is 9.98 Å². The Labute approximate surface area is 508 Å². The number of nitrogens with zero attached hydrogens (tertiary/aromatic N) is 8. The minimum Gasteiger partial charge on any atom is -0.459 e. The normalized spacial score (nSPS) is 15.6. The summed E-state index contributed by atoms with van der Waals surface area (Å²) in [5.41, 5.74) is -2.81. The molecule has 0 N–H and O–H groups in total. The van der Waals surface area contributed by atoms with Gasteiger partial charge in [0.15, 0.2) is 21.2 Å². The van der Waals surface area contributed by atoms with Crippen LogP contribution in [0.25, 0.3) is 20.9 Å². The van der Waals surface area contributed by atoms with Gasteiger partial charge in [-0.1, -0.05) is 121 Å². The van der Waals surface area contributed by atoms with Crippen molar-refractivity contribution in [3.8, 4) is 45.2 Å². The Morgan fingerprint density at radius 2 is 0.744 bits per heavy atom. The van der Waals surface area contributed by atoms with Crippen LogP contribution in [0.15, 0.2) is 177 Å². The molecule has 0 spiro atoms. The quantitative estimate of drug-likeness (QED) is 0.0377. The largest absolute Gasteiger partial charge is 0.459 e.